The van der Waals surface area contributed by atoms with Crippen LogP contribution in [0.1, 0.15) is 13.3 Å². The summed E-state index contributed by atoms with van der Waals surface area (Å²) in [6, 6.07) is 2.02. The minimum atomic E-state index is -0.116. The lowest BCUT2D eigenvalue weighted by Gasteiger charge is -2.13. The summed E-state index contributed by atoms with van der Waals surface area (Å²) in [6.45, 7) is 3.13. The van der Waals surface area contributed by atoms with Crippen LogP contribution in [0.3, 0.4) is 0 Å². The van der Waals surface area contributed by atoms with E-state index in [1.54, 1.807) is 14.2 Å². The maximum Gasteiger partial charge on any atom is 0.0972 e. The summed E-state index contributed by atoms with van der Waals surface area (Å²) < 4.78 is 10.3. The van der Waals surface area contributed by atoms with Crippen LogP contribution in [0, 0.1) is 11.3 Å². The van der Waals surface area contributed by atoms with Crippen LogP contribution >= 0.6 is 0 Å². The third-order valence-electron chi connectivity index (χ3n) is 1.71. The highest BCUT2D eigenvalue weighted by Crippen LogP contribution is 1.95. The summed E-state index contributed by atoms with van der Waals surface area (Å²) in [7, 11) is 3.41. The van der Waals surface area contributed by atoms with Crippen molar-refractivity contribution in [3.8, 4) is 6.07 Å². The number of rotatable bonds is 7. The van der Waals surface area contributed by atoms with E-state index in [4.69, 9.17) is 14.7 Å². The normalized spacial score (nSPS) is 14.9. The Bertz CT molecular complexity index is 156. The Morgan fingerprint density at radius 2 is 2.23 bits per heavy atom. The average molecular weight is 186 g/mol. The lowest BCUT2D eigenvalue weighted by atomic mass is 10.2. The van der Waals surface area contributed by atoms with Gasteiger partial charge in [0.25, 0.3) is 0 Å². The number of hydrogen-bond acceptors (Lipinski definition) is 4. The zero-order chi connectivity index (χ0) is 10.1. The van der Waals surface area contributed by atoms with Gasteiger partial charge in [-0.3, -0.25) is 0 Å². The molecule has 13 heavy (non-hydrogen) atoms. The molecule has 0 saturated carbocycles. The molecule has 0 amide bonds. The van der Waals surface area contributed by atoms with Gasteiger partial charge in [0, 0.05) is 13.7 Å². The van der Waals surface area contributed by atoms with Crippen molar-refractivity contribution in [3.63, 3.8) is 0 Å². The monoisotopic (exact) mass is 186 g/mol. The van der Waals surface area contributed by atoms with E-state index in [9.17, 15) is 0 Å². The zero-order valence-electron chi connectivity index (χ0n) is 8.54. The first kappa shape index (κ1) is 12.4. The van der Waals surface area contributed by atoms with Crippen molar-refractivity contribution in [2.75, 3.05) is 27.4 Å². The molecule has 0 bridgehead atoms. The van der Waals surface area contributed by atoms with Gasteiger partial charge in [-0.25, -0.2) is 0 Å². The smallest absolute Gasteiger partial charge is 0.0972 e. The van der Waals surface area contributed by atoms with Crippen LogP contribution < -0.4 is 5.32 Å². The Morgan fingerprint density at radius 1 is 1.54 bits per heavy atom. The molecule has 1 N–H and O–H groups in total. The number of hydrogen-bond donors (Lipinski definition) is 1. The van der Waals surface area contributed by atoms with Gasteiger partial charge in [-0.2, -0.15) is 5.26 Å². The molecule has 0 aromatic heterocycles. The summed E-state index contributed by atoms with van der Waals surface area (Å²) in [4.78, 5) is 0. The first-order valence-corrected chi connectivity index (χ1v) is 4.42. The first-order chi connectivity index (χ1) is 6.24. The zero-order valence-corrected chi connectivity index (χ0v) is 8.54. The highest BCUT2D eigenvalue weighted by atomic mass is 16.5. The van der Waals surface area contributed by atoms with Gasteiger partial charge in [-0.05, 0) is 20.4 Å². The van der Waals surface area contributed by atoms with Crippen LogP contribution in [0.4, 0.5) is 0 Å². The van der Waals surface area contributed by atoms with Crippen molar-refractivity contribution in [1.82, 2.24) is 5.32 Å². The molecule has 0 saturated heterocycles. The molecule has 4 heteroatoms. The quantitative estimate of drug-likeness (QED) is 0.630. The van der Waals surface area contributed by atoms with Gasteiger partial charge in [-0.15, -0.1) is 0 Å². The van der Waals surface area contributed by atoms with Gasteiger partial charge < -0.3 is 14.8 Å². The van der Waals surface area contributed by atoms with Crippen molar-refractivity contribution in [2.24, 2.45) is 0 Å². The fourth-order valence-electron chi connectivity index (χ4n) is 0.943. The van der Waals surface area contributed by atoms with E-state index in [2.05, 4.69) is 11.4 Å². The number of nitrogens with one attached hydrogen (secondary N) is 1. The second-order valence-electron chi connectivity index (χ2n) is 2.90. The van der Waals surface area contributed by atoms with Crippen LogP contribution in [-0.4, -0.2) is 39.5 Å². The Morgan fingerprint density at radius 3 is 2.69 bits per heavy atom. The second-order valence-corrected chi connectivity index (χ2v) is 2.90. The third-order valence-corrected chi connectivity index (χ3v) is 1.71. The van der Waals surface area contributed by atoms with Gasteiger partial charge >= 0.3 is 0 Å². The van der Waals surface area contributed by atoms with E-state index in [-0.39, 0.29) is 12.1 Å². The fourth-order valence-corrected chi connectivity index (χ4v) is 0.943. The molecule has 0 aliphatic rings. The second kappa shape index (κ2) is 7.99. The van der Waals surface area contributed by atoms with Crippen molar-refractivity contribution in [1.29, 1.82) is 5.26 Å². The van der Waals surface area contributed by atoms with E-state index in [0.29, 0.717) is 19.6 Å². The lowest BCUT2D eigenvalue weighted by molar-refractivity contribution is 0.00711. The Hall–Kier alpha value is -0.630. The molecule has 0 spiro atoms. The summed E-state index contributed by atoms with van der Waals surface area (Å²) in [5, 5.41) is 11.5. The summed E-state index contributed by atoms with van der Waals surface area (Å²) >= 11 is 0. The summed E-state index contributed by atoms with van der Waals surface area (Å²) in [5.41, 5.74) is 0. The predicted molar refractivity (Wildman–Crippen MR) is 50.4 cm³/mol. The number of methoxy groups -OCH3 is 1. The lowest BCUT2D eigenvalue weighted by Crippen LogP contribution is -2.26. The molecular formula is C9H18N2O2. The highest BCUT2D eigenvalue weighted by molar-refractivity contribution is 4.88. The van der Waals surface area contributed by atoms with Crippen molar-refractivity contribution < 1.29 is 9.47 Å². The molecule has 0 fully saturated rings. The van der Waals surface area contributed by atoms with Crippen LogP contribution in [0.25, 0.3) is 0 Å². The number of nitriles is 1. The van der Waals surface area contributed by atoms with E-state index in [1.165, 1.54) is 0 Å². The molecule has 0 aliphatic carbocycles. The maximum absolute atomic E-state index is 8.60. The van der Waals surface area contributed by atoms with Crippen molar-refractivity contribution >= 4 is 0 Å². The Kier molecular flexibility index (Phi) is 7.60. The molecule has 0 aromatic rings. The van der Waals surface area contributed by atoms with Crippen LogP contribution in [-0.2, 0) is 9.47 Å². The third kappa shape index (κ3) is 6.52. The SMILES string of the molecule is CNC(C#N)CCOC(C)COC. The van der Waals surface area contributed by atoms with E-state index < -0.39 is 0 Å². The topological polar surface area (TPSA) is 54.3 Å². The van der Waals surface area contributed by atoms with Crippen LogP contribution in [0.5, 0.6) is 0 Å². The largest absolute Gasteiger partial charge is 0.382 e. The average Bonchev–Trinajstić information content (AvgIpc) is 2.13. The van der Waals surface area contributed by atoms with Crippen LogP contribution in [0.15, 0.2) is 0 Å². The van der Waals surface area contributed by atoms with Gasteiger partial charge in [0.15, 0.2) is 0 Å². The minimum Gasteiger partial charge on any atom is -0.382 e. The molecule has 0 radical (unpaired) electrons. The van der Waals surface area contributed by atoms with Crippen molar-refractivity contribution in [3.05, 3.63) is 0 Å². The molecule has 2 unspecified atom stereocenters. The molecule has 0 rings (SSSR count). The molecule has 76 valence electrons. The molecule has 0 heterocycles. The highest BCUT2D eigenvalue weighted by Gasteiger charge is 2.05. The van der Waals surface area contributed by atoms with Gasteiger partial charge in [-0.1, -0.05) is 0 Å². The standard InChI is InChI=1S/C9H18N2O2/c1-8(7-12-3)13-5-4-9(6-10)11-2/h8-9,11H,4-5,7H2,1-3H3. The number of nitrogens with zero attached hydrogens (tertiary/aromatic N) is 1. The van der Waals surface area contributed by atoms with Gasteiger partial charge in [0.05, 0.1) is 24.8 Å². The maximum atomic E-state index is 8.60. The first-order valence-electron chi connectivity index (χ1n) is 4.42. The Balaban J connectivity index is 3.38. The van der Waals surface area contributed by atoms with E-state index in [0.717, 1.165) is 0 Å². The van der Waals surface area contributed by atoms with Gasteiger partial charge in [0.2, 0.25) is 0 Å². The Labute approximate surface area is 79.8 Å². The van der Waals surface area contributed by atoms with Gasteiger partial charge in [0.1, 0.15) is 0 Å². The molecule has 2 atom stereocenters. The minimum absolute atomic E-state index is 0.0983. The molecule has 0 aromatic carbocycles. The van der Waals surface area contributed by atoms with Crippen molar-refractivity contribution in [2.45, 2.75) is 25.5 Å². The fraction of sp³-hybridized carbons (Fsp3) is 0.889. The molecule has 4 nitrogen and oxygen atoms in total. The molecule has 0 aliphatic heterocycles. The van der Waals surface area contributed by atoms with E-state index >= 15 is 0 Å². The van der Waals surface area contributed by atoms with Crippen LogP contribution in [0.2, 0.25) is 0 Å². The summed E-state index contributed by atoms with van der Waals surface area (Å²) in [5.74, 6) is 0. The number of ether oxygens (including phenoxy) is 2. The summed E-state index contributed by atoms with van der Waals surface area (Å²) in [6.07, 6.45) is 0.808. The van der Waals surface area contributed by atoms with E-state index in [1.807, 2.05) is 6.92 Å². The predicted octanol–water partition coefficient (Wildman–Crippen LogP) is 0.540. The molecular weight excluding hydrogens is 168 g/mol.